The first kappa shape index (κ1) is 27.0. The smallest absolute Gasteiger partial charge is 0.326 e. The molecule has 3 rings (SSSR count). The molecule has 36 heavy (non-hydrogen) atoms. The number of halogens is 3. The van der Waals surface area contributed by atoms with Crippen LogP contribution in [0.3, 0.4) is 0 Å². The van der Waals surface area contributed by atoms with Gasteiger partial charge in [0.25, 0.3) is 0 Å². The number of carbonyl (C=O) groups excluding carboxylic acids is 2. The van der Waals surface area contributed by atoms with Gasteiger partial charge in [-0.05, 0) is 50.1 Å². The van der Waals surface area contributed by atoms with Crippen molar-refractivity contribution in [2.45, 2.75) is 45.1 Å². The standard InChI is InChI=1S/C25H26F3N5O2S/c1-5-9-33-20(13-21(34)29-19-8-6-7-18(12-19)25(26,27)28)31-32-24(33)36-14-22(35)30-23-16(3)10-15(2)11-17(23)4/h5-8,10-12H,1,9,13-14H2,2-4H3,(H,29,34)(H,30,35). The topological polar surface area (TPSA) is 88.9 Å². The number of benzene rings is 2. The number of aromatic nitrogens is 3. The quantitative estimate of drug-likeness (QED) is 0.296. The Morgan fingerprint density at radius 3 is 2.39 bits per heavy atom. The largest absolute Gasteiger partial charge is 0.416 e. The number of rotatable bonds is 9. The van der Waals surface area contributed by atoms with Crippen LogP contribution in [-0.2, 0) is 28.7 Å². The van der Waals surface area contributed by atoms with Crippen molar-refractivity contribution in [3.63, 3.8) is 0 Å². The van der Waals surface area contributed by atoms with Crippen molar-refractivity contribution < 1.29 is 22.8 Å². The van der Waals surface area contributed by atoms with Crippen LogP contribution in [-0.4, -0.2) is 32.3 Å². The summed E-state index contributed by atoms with van der Waals surface area (Å²) in [7, 11) is 0. The van der Waals surface area contributed by atoms with Gasteiger partial charge in [-0.3, -0.25) is 9.59 Å². The Balaban J connectivity index is 1.66. The molecule has 0 aliphatic rings. The molecular formula is C25H26F3N5O2S. The van der Waals surface area contributed by atoms with Crippen LogP contribution in [0.1, 0.15) is 28.1 Å². The van der Waals surface area contributed by atoms with E-state index in [1.165, 1.54) is 12.1 Å². The molecule has 2 amide bonds. The van der Waals surface area contributed by atoms with Crippen LogP contribution in [0.5, 0.6) is 0 Å². The van der Waals surface area contributed by atoms with Crippen LogP contribution < -0.4 is 10.6 Å². The number of nitrogens with zero attached hydrogens (tertiary/aromatic N) is 3. The molecule has 190 valence electrons. The van der Waals surface area contributed by atoms with E-state index >= 15 is 0 Å². The van der Waals surface area contributed by atoms with Gasteiger partial charge in [-0.15, -0.1) is 16.8 Å². The highest BCUT2D eigenvalue weighted by atomic mass is 32.2. The molecule has 2 aromatic carbocycles. The lowest BCUT2D eigenvalue weighted by molar-refractivity contribution is -0.137. The molecule has 0 aliphatic heterocycles. The van der Waals surface area contributed by atoms with E-state index in [9.17, 15) is 22.8 Å². The molecule has 2 N–H and O–H groups in total. The first-order chi connectivity index (χ1) is 17.0. The molecule has 1 heterocycles. The summed E-state index contributed by atoms with van der Waals surface area (Å²) in [5.74, 6) is -0.399. The normalized spacial score (nSPS) is 11.3. The van der Waals surface area contributed by atoms with Crippen LogP contribution in [0.15, 0.2) is 54.2 Å². The number of allylic oxidation sites excluding steroid dienone is 1. The lowest BCUT2D eigenvalue weighted by Gasteiger charge is -2.13. The number of alkyl halides is 3. The molecule has 11 heteroatoms. The monoisotopic (exact) mass is 517 g/mol. The molecule has 3 aromatic rings. The molecule has 0 atom stereocenters. The highest BCUT2D eigenvalue weighted by Gasteiger charge is 2.30. The van der Waals surface area contributed by atoms with Gasteiger partial charge in [-0.25, -0.2) is 0 Å². The maximum absolute atomic E-state index is 12.9. The van der Waals surface area contributed by atoms with E-state index in [0.717, 1.165) is 46.3 Å². The summed E-state index contributed by atoms with van der Waals surface area (Å²) in [6.07, 6.45) is -3.13. The average Bonchev–Trinajstić information content (AvgIpc) is 3.15. The summed E-state index contributed by atoms with van der Waals surface area (Å²) >= 11 is 1.16. The second-order valence-electron chi connectivity index (χ2n) is 8.21. The Hall–Kier alpha value is -3.60. The number of nitrogens with one attached hydrogen (secondary N) is 2. The van der Waals surface area contributed by atoms with Crippen molar-refractivity contribution >= 4 is 35.0 Å². The number of anilines is 2. The predicted molar refractivity (Wildman–Crippen MR) is 134 cm³/mol. The van der Waals surface area contributed by atoms with Crippen LogP contribution in [0, 0.1) is 20.8 Å². The summed E-state index contributed by atoms with van der Waals surface area (Å²) < 4.78 is 40.4. The summed E-state index contributed by atoms with van der Waals surface area (Å²) in [6, 6.07) is 8.37. The number of hydrogen-bond donors (Lipinski definition) is 2. The van der Waals surface area contributed by atoms with Crippen LogP contribution in [0.2, 0.25) is 0 Å². The number of carbonyl (C=O) groups is 2. The summed E-state index contributed by atoms with van der Waals surface area (Å²) in [5.41, 5.74) is 2.98. The van der Waals surface area contributed by atoms with Gasteiger partial charge < -0.3 is 15.2 Å². The van der Waals surface area contributed by atoms with E-state index < -0.39 is 17.6 Å². The highest BCUT2D eigenvalue weighted by molar-refractivity contribution is 7.99. The van der Waals surface area contributed by atoms with E-state index in [4.69, 9.17) is 0 Å². The van der Waals surface area contributed by atoms with E-state index in [1.54, 1.807) is 10.6 Å². The molecule has 0 saturated carbocycles. The Kier molecular flexibility index (Phi) is 8.57. The zero-order valence-electron chi connectivity index (χ0n) is 20.1. The molecule has 1 aromatic heterocycles. The third-order valence-corrected chi connectivity index (χ3v) is 6.14. The fourth-order valence-electron chi connectivity index (χ4n) is 3.67. The fourth-order valence-corrected chi connectivity index (χ4v) is 4.44. The van der Waals surface area contributed by atoms with Gasteiger partial charge in [0.05, 0.1) is 17.7 Å². The van der Waals surface area contributed by atoms with Crippen LogP contribution in [0.4, 0.5) is 24.5 Å². The van der Waals surface area contributed by atoms with Gasteiger partial charge in [-0.1, -0.05) is 41.6 Å². The minimum Gasteiger partial charge on any atom is -0.326 e. The van der Waals surface area contributed by atoms with E-state index in [1.807, 2.05) is 32.9 Å². The molecule has 0 spiro atoms. The molecule has 0 saturated heterocycles. The Morgan fingerprint density at radius 1 is 1.06 bits per heavy atom. The van der Waals surface area contributed by atoms with Gasteiger partial charge in [-0.2, -0.15) is 13.2 Å². The zero-order valence-corrected chi connectivity index (χ0v) is 20.9. The first-order valence-corrected chi connectivity index (χ1v) is 12.0. The SMILES string of the molecule is C=CCn1c(CC(=O)Nc2cccc(C(F)(F)F)c2)nnc1SCC(=O)Nc1c(C)cc(C)cc1C. The van der Waals surface area contributed by atoms with Crippen LogP contribution in [0.25, 0.3) is 0 Å². The van der Waals surface area contributed by atoms with Crippen LogP contribution >= 0.6 is 11.8 Å². The number of hydrogen-bond acceptors (Lipinski definition) is 5. The van der Waals surface area contributed by atoms with Crippen molar-refractivity contribution in [1.82, 2.24) is 14.8 Å². The molecule has 7 nitrogen and oxygen atoms in total. The molecule has 0 bridgehead atoms. The fraction of sp³-hybridized carbons (Fsp3) is 0.280. The molecule has 0 aliphatic carbocycles. The second kappa shape index (κ2) is 11.4. The minimum absolute atomic E-state index is 0.0255. The maximum atomic E-state index is 12.9. The number of amides is 2. The summed E-state index contributed by atoms with van der Waals surface area (Å²) in [6.45, 7) is 9.85. The predicted octanol–water partition coefficient (Wildman–Crippen LogP) is 5.32. The number of aryl methyl sites for hydroxylation is 3. The van der Waals surface area contributed by atoms with Crippen molar-refractivity contribution in [2.75, 3.05) is 16.4 Å². The van der Waals surface area contributed by atoms with Gasteiger partial charge >= 0.3 is 6.18 Å². The first-order valence-electron chi connectivity index (χ1n) is 11.0. The van der Waals surface area contributed by atoms with Crippen molar-refractivity contribution in [3.05, 3.63) is 77.1 Å². The van der Waals surface area contributed by atoms with Gasteiger partial charge in [0.1, 0.15) is 5.82 Å². The van der Waals surface area contributed by atoms with E-state index in [-0.39, 0.29) is 23.8 Å². The zero-order chi connectivity index (χ0) is 26.5. The van der Waals surface area contributed by atoms with Gasteiger partial charge in [0.15, 0.2) is 5.16 Å². The Morgan fingerprint density at radius 2 is 1.75 bits per heavy atom. The minimum atomic E-state index is -4.51. The average molecular weight is 518 g/mol. The third kappa shape index (κ3) is 6.97. The maximum Gasteiger partial charge on any atom is 0.416 e. The lowest BCUT2D eigenvalue weighted by atomic mass is 10.1. The Labute approximate surface area is 211 Å². The highest BCUT2D eigenvalue weighted by Crippen LogP contribution is 2.30. The summed E-state index contributed by atoms with van der Waals surface area (Å²) in [4.78, 5) is 25.1. The molecule has 0 fully saturated rings. The van der Waals surface area contributed by atoms with Crippen molar-refractivity contribution in [2.24, 2.45) is 0 Å². The van der Waals surface area contributed by atoms with Crippen molar-refractivity contribution in [3.8, 4) is 0 Å². The summed E-state index contributed by atoms with van der Waals surface area (Å²) in [5, 5.41) is 13.9. The molecular weight excluding hydrogens is 491 g/mol. The van der Waals surface area contributed by atoms with Gasteiger partial charge in [0.2, 0.25) is 11.8 Å². The number of thioether (sulfide) groups is 1. The Bertz CT molecular complexity index is 1260. The molecule has 0 unspecified atom stereocenters. The van der Waals surface area contributed by atoms with Gasteiger partial charge in [0, 0.05) is 17.9 Å². The van der Waals surface area contributed by atoms with E-state index in [0.29, 0.717) is 17.5 Å². The lowest BCUT2D eigenvalue weighted by Crippen LogP contribution is -2.19. The third-order valence-electron chi connectivity index (χ3n) is 5.17. The molecule has 0 radical (unpaired) electrons. The second-order valence-corrected chi connectivity index (χ2v) is 9.15. The van der Waals surface area contributed by atoms with E-state index in [2.05, 4.69) is 27.4 Å². The van der Waals surface area contributed by atoms with Crippen molar-refractivity contribution in [1.29, 1.82) is 0 Å².